The molecule has 0 aliphatic carbocycles. The molecule has 0 saturated heterocycles. The smallest absolute Gasteiger partial charge is 0.260 e. The molecule has 27 heavy (non-hydrogen) atoms. The third-order valence-electron chi connectivity index (χ3n) is 3.65. The Morgan fingerprint density at radius 3 is 2.74 bits per heavy atom. The van der Waals surface area contributed by atoms with Gasteiger partial charge in [-0.25, -0.2) is 13.4 Å². The Labute approximate surface area is 160 Å². The van der Waals surface area contributed by atoms with E-state index in [-0.39, 0.29) is 16.4 Å². The lowest BCUT2D eigenvalue weighted by Crippen LogP contribution is -2.36. The van der Waals surface area contributed by atoms with Crippen molar-refractivity contribution in [1.82, 2.24) is 15.3 Å². The molecular formula is C17H17N5O3S2. The maximum Gasteiger partial charge on any atom is 0.260 e. The molecular weight excluding hydrogens is 386 g/mol. The van der Waals surface area contributed by atoms with Crippen molar-refractivity contribution in [3.63, 3.8) is 0 Å². The normalized spacial score (nSPS) is 12.3. The van der Waals surface area contributed by atoms with Gasteiger partial charge in [-0.05, 0) is 29.6 Å². The number of nitrogens with two attached hydrogens (primary N) is 1. The van der Waals surface area contributed by atoms with Crippen molar-refractivity contribution >= 4 is 44.7 Å². The van der Waals surface area contributed by atoms with Gasteiger partial charge in [-0.2, -0.15) is 4.40 Å². The summed E-state index contributed by atoms with van der Waals surface area (Å²) < 4.78 is 27.8. The maximum absolute atomic E-state index is 12.5. The number of nitrogens with zero attached hydrogens (tertiary/aromatic N) is 2. The summed E-state index contributed by atoms with van der Waals surface area (Å²) in [6.07, 6.45) is 2.46. The van der Waals surface area contributed by atoms with Gasteiger partial charge in [-0.15, -0.1) is 0 Å². The molecule has 1 amide bonds. The van der Waals surface area contributed by atoms with Crippen molar-refractivity contribution in [2.45, 2.75) is 10.6 Å². The highest BCUT2D eigenvalue weighted by Gasteiger charge is 2.18. The molecule has 8 nitrogen and oxygen atoms in total. The summed E-state index contributed by atoms with van der Waals surface area (Å²) in [4.78, 5) is 19.4. The van der Waals surface area contributed by atoms with Crippen molar-refractivity contribution in [2.75, 3.05) is 6.26 Å². The molecule has 1 heterocycles. The Morgan fingerprint density at radius 1 is 1.30 bits per heavy atom. The number of rotatable bonds is 5. The molecule has 140 valence electrons. The Balaban J connectivity index is 1.77. The van der Waals surface area contributed by atoms with Crippen molar-refractivity contribution in [3.8, 4) is 0 Å². The summed E-state index contributed by atoms with van der Waals surface area (Å²) in [5.74, 6) is -0.0570. The maximum atomic E-state index is 12.5. The summed E-state index contributed by atoms with van der Waals surface area (Å²) in [5.41, 5.74) is 7.73. The molecule has 0 radical (unpaired) electrons. The Hall–Kier alpha value is -2.85. The molecule has 0 spiro atoms. The van der Waals surface area contributed by atoms with Crippen molar-refractivity contribution in [1.29, 1.82) is 0 Å². The van der Waals surface area contributed by atoms with Crippen LogP contribution in [0.5, 0.6) is 0 Å². The van der Waals surface area contributed by atoms with Gasteiger partial charge < -0.3 is 10.7 Å². The topological polar surface area (TPSA) is 130 Å². The Morgan fingerprint density at radius 2 is 2.04 bits per heavy atom. The van der Waals surface area contributed by atoms with E-state index in [0.717, 1.165) is 11.8 Å². The first-order chi connectivity index (χ1) is 12.8. The van der Waals surface area contributed by atoms with E-state index in [1.54, 1.807) is 0 Å². The number of carbonyl (C=O) groups excluding carboxylic acids is 1. The largest absolute Gasteiger partial charge is 0.369 e. The van der Waals surface area contributed by atoms with Crippen LogP contribution in [-0.4, -0.2) is 36.5 Å². The van der Waals surface area contributed by atoms with Gasteiger partial charge in [0, 0.05) is 12.0 Å². The molecule has 1 aromatic heterocycles. The highest BCUT2D eigenvalue weighted by molar-refractivity contribution is 7.97. The van der Waals surface area contributed by atoms with Gasteiger partial charge in [0.25, 0.3) is 5.91 Å². The van der Waals surface area contributed by atoms with Gasteiger partial charge in [0.1, 0.15) is 5.52 Å². The van der Waals surface area contributed by atoms with E-state index in [0.29, 0.717) is 16.8 Å². The fraction of sp³-hybridized carbons (Fsp3) is 0.118. The molecule has 3 aromatic rings. The quantitative estimate of drug-likeness (QED) is 0.339. The minimum atomic E-state index is -3.49. The van der Waals surface area contributed by atoms with Gasteiger partial charge in [-0.3, -0.25) is 10.1 Å². The second-order valence-corrected chi connectivity index (χ2v) is 8.48. The lowest BCUT2D eigenvalue weighted by molar-refractivity contribution is 0.0978. The van der Waals surface area contributed by atoms with Crippen molar-refractivity contribution in [3.05, 3.63) is 59.9 Å². The number of nitrogens with one attached hydrogen (secondary N) is 2. The summed E-state index contributed by atoms with van der Waals surface area (Å²) in [5, 5.41) is 2.46. The molecule has 0 aliphatic rings. The monoisotopic (exact) mass is 403 g/mol. The second-order valence-electron chi connectivity index (χ2n) is 5.73. The standard InChI is InChI=1S/C17H17N5O3S2/c1-27(24,25)12-7-13(15-14(8-12)19-10-20-15)16(23)21-17(18)22-26-9-11-5-3-2-4-6-11/h2-8,10H,9H2,1H3,(H,19,20)(H3,18,21,22,23). The van der Waals surface area contributed by atoms with E-state index in [1.165, 1.54) is 30.4 Å². The lowest BCUT2D eigenvalue weighted by atomic mass is 10.1. The molecule has 10 heteroatoms. The number of guanidine groups is 1. The van der Waals surface area contributed by atoms with E-state index < -0.39 is 15.7 Å². The first kappa shape index (κ1) is 18.9. The summed E-state index contributed by atoms with van der Waals surface area (Å²) >= 11 is 1.19. The fourth-order valence-electron chi connectivity index (χ4n) is 2.37. The van der Waals surface area contributed by atoms with E-state index in [2.05, 4.69) is 19.7 Å². The summed E-state index contributed by atoms with van der Waals surface area (Å²) in [7, 11) is -3.49. The van der Waals surface area contributed by atoms with Crippen LogP contribution in [-0.2, 0) is 15.6 Å². The first-order valence-electron chi connectivity index (χ1n) is 7.82. The number of amides is 1. The summed E-state index contributed by atoms with van der Waals surface area (Å²) in [6.45, 7) is 0. The van der Waals surface area contributed by atoms with Crippen LogP contribution in [0.25, 0.3) is 11.0 Å². The van der Waals surface area contributed by atoms with Gasteiger partial charge in [-0.1, -0.05) is 30.3 Å². The molecule has 0 unspecified atom stereocenters. The summed E-state index contributed by atoms with van der Waals surface area (Å²) in [6, 6.07) is 12.4. The number of fused-ring (bicyclic) bond motifs is 1. The van der Waals surface area contributed by atoms with Crippen LogP contribution in [0.2, 0.25) is 0 Å². The van der Waals surface area contributed by atoms with Crippen molar-refractivity contribution < 1.29 is 13.2 Å². The molecule has 0 fully saturated rings. The van der Waals surface area contributed by atoms with E-state index in [9.17, 15) is 13.2 Å². The second kappa shape index (κ2) is 7.80. The highest BCUT2D eigenvalue weighted by Crippen LogP contribution is 2.21. The lowest BCUT2D eigenvalue weighted by Gasteiger charge is -2.07. The van der Waals surface area contributed by atoms with Gasteiger partial charge in [0.05, 0.1) is 22.3 Å². The minimum absolute atomic E-state index is 0.0124. The number of H-pyrrole nitrogens is 1. The number of sulfone groups is 1. The van der Waals surface area contributed by atoms with Crippen LogP contribution in [0.3, 0.4) is 0 Å². The number of benzene rings is 2. The molecule has 2 aromatic carbocycles. The number of aromatic nitrogens is 2. The Bertz CT molecular complexity index is 1110. The molecule has 4 N–H and O–H groups in total. The molecule has 0 atom stereocenters. The van der Waals surface area contributed by atoms with Crippen LogP contribution in [0.15, 0.2) is 58.1 Å². The van der Waals surface area contributed by atoms with Gasteiger partial charge in [0.2, 0.25) is 5.96 Å². The van der Waals surface area contributed by atoms with Crippen LogP contribution in [0.1, 0.15) is 15.9 Å². The van der Waals surface area contributed by atoms with Crippen LogP contribution in [0, 0.1) is 0 Å². The average molecular weight is 403 g/mol. The zero-order valence-corrected chi connectivity index (χ0v) is 16.0. The number of imidazole rings is 1. The minimum Gasteiger partial charge on any atom is -0.369 e. The third-order valence-corrected chi connectivity index (χ3v) is 5.53. The number of hydrogen-bond acceptors (Lipinski definition) is 6. The van der Waals surface area contributed by atoms with Crippen LogP contribution >= 0.6 is 11.9 Å². The predicted octanol–water partition coefficient (Wildman–Crippen LogP) is 1.86. The zero-order valence-electron chi connectivity index (χ0n) is 14.3. The van der Waals surface area contributed by atoms with E-state index in [1.807, 2.05) is 30.3 Å². The average Bonchev–Trinajstić information content (AvgIpc) is 3.09. The Kier molecular flexibility index (Phi) is 5.47. The SMILES string of the molecule is CS(=O)(=O)c1cc(C(=O)NC(N)=NSCc2ccccc2)c2nc[nH]c2c1. The first-order valence-corrected chi connectivity index (χ1v) is 10.7. The highest BCUT2D eigenvalue weighted by atomic mass is 32.2. The molecule has 3 rings (SSSR count). The number of aromatic amines is 1. The molecule has 0 bridgehead atoms. The van der Waals surface area contributed by atoms with Crippen LogP contribution < -0.4 is 11.1 Å². The van der Waals surface area contributed by atoms with Crippen molar-refractivity contribution in [2.24, 2.45) is 10.1 Å². The van der Waals surface area contributed by atoms with Gasteiger partial charge in [0.15, 0.2) is 9.84 Å². The molecule has 0 saturated carbocycles. The van der Waals surface area contributed by atoms with Crippen LogP contribution in [0.4, 0.5) is 0 Å². The fourth-order valence-corrected chi connectivity index (χ4v) is 3.62. The zero-order chi connectivity index (χ0) is 19.4. The third kappa shape index (κ3) is 4.66. The molecule has 0 aliphatic heterocycles. The van der Waals surface area contributed by atoms with E-state index >= 15 is 0 Å². The van der Waals surface area contributed by atoms with E-state index in [4.69, 9.17) is 5.73 Å². The number of carbonyl (C=O) groups is 1. The predicted molar refractivity (Wildman–Crippen MR) is 106 cm³/mol. The number of hydrogen-bond donors (Lipinski definition) is 3. The van der Waals surface area contributed by atoms with Gasteiger partial charge >= 0.3 is 0 Å².